The van der Waals surface area contributed by atoms with Crippen LogP contribution in [0.3, 0.4) is 0 Å². The molecule has 0 amide bonds. The molecule has 0 saturated heterocycles. The molecule has 13 heteroatoms. The van der Waals surface area contributed by atoms with Gasteiger partial charge in [-0.15, -0.1) is 0 Å². The van der Waals surface area contributed by atoms with Gasteiger partial charge in [0.25, 0.3) is 0 Å². The quantitative estimate of drug-likeness (QED) is 0.225. The number of aliphatic hydroxyl groups is 3. The fourth-order valence-electron chi connectivity index (χ4n) is 0.341. The van der Waals surface area contributed by atoms with E-state index in [1.165, 1.54) is 6.92 Å². The smallest absolute Gasteiger partial charge is 0.790 e. The van der Waals surface area contributed by atoms with Gasteiger partial charge in [-0.2, -0.15) is 0 Å². The first-order valence-electron chi connectivity index (χ1n) is 4.79. The summed E-state index contributed by atoms with van der Waals surface area (Å²) in [6, 6.07) is 0. The van der Waals surface area contributed by atoms with E-state index in [2.05, 4.69) is 0 Å². The molecule has 0 aromatic heterocycles. The van der Waals surface area contributed by atoms with Crippen molar-refractivity contribution in [3.63, 3.8) is 0 Å². The van der Waals surface area contributed by atoms with Crippen molar-refractivity contribution in [1.29, 1.82) is 0 Å². The molecule has 116 valence electrons. The molecule has 0 spiro atoms. The van der Waals surface area contributed by atoms with Crippen LogP contribution < -0.4 is 113 Å². The van der Waals surface area contributed by atoms with Crippen LogP contribution in [0.1, 0.15) is 19.8 Å². The zero-order valence-corrected chi connectivity index (χ0v) is 19.3. The summed E-state index contributed by atoms with van der Waals surface area (Å²) < 4.78 is 8.66. The van der Waals surface area contributed by atoms with E-state index in [9.17, 15) is 9.59 Å². The molecule has 0 radical (unpaired) electrons. The second-order valence-electron chi connectivity index (χ2n) is 3.08. The fraction of sp³-hybridized carbons (Fsp3) is 0.750. The van der Waals surface area contributed by atoms with Crippen molar-refractivity contribution < 1.29 is 152 Å². The second kappa shape index (κ2) is 22.4. The van der Waals surface area contributed by atoms with E-state index in [1.54, 1.807) is 0 Å². The summed E-state index contributed by atoms with van der Waals surface area (Å²) in [6.45, 7) is 0.649. The molecule has 0 bridgehead atoms. The van der Waals surface area contributed by atoms with Gasteiger partial charge in [0.2, 0.25) is 0 Å². The van der Waals surface area contributed by atoms with E-state index >= 15 is 0 Å². The van der Waals surface area contributed by atoms with Crippen molar-refractivity contribution >= 4 is 19.6 Å². The van der Waals surface area contributed by atoms with Gasteiger partial charge in [-0.3, -0.25) is 4.79 Å². The van der Waals surface area contributed by atoms with E-state index in [4.69, 9.17) is 39.7 Å². The van der Waals surface area contributed by atoms with Crippen molar-refractivity contribution in [2.75, 3.05) is 13.2 Å². The Balaban J connectivity index is -0.0000000598. The predicted octanol–water partition coefficient (Wildman–Crippen LogP) is -9.41. The molecule has 0 aliphatic carbocycles. The molecular weight excluding hydrogens is 365 g/mol. The monoisotopic (exact) mass is 382 g/mol. The molecule has 0 aromatic rings. The maximum Gasteiger partial charge on any atom is 1.00 e. The van der Waals surface area contributed by atoms with Gasteiger partial charge in [0.1, 0.15) is 11.9 Å². The summed E-state index contributed by atoms with van der Waals surface area (Å²) in [5, 5.41) is 32.0. The molecule has 21 heavy (non-hydrogen) atoms. The topological polar surface area (TPSA) is 198 Å². The molecule has 0 aliphatic heterocycles. The fourth-order valence-corrected chi connectivity index (χ4v) is 0.341. The number of Topliss-reactive ketones (excluding diaryl/α,β-unsaturated/α-hetero) is 1. The van der Waals surface area contributed by atoms with Gasteiger partial charge < -0.3 is 44.5 Å². The number of carbonyl (C=O) groups is 2. The molecule has 5 N–H and O–H groups in total. The zero-order chi connectivity index (χ0) is 16.1. The van der Waals surface area contributed by atoms with Crippen LogP contribution in [0.4, 0.5) is 0 Å². The molecule has 0 atom stereocenters. The summed E-state index contributed by atoms with van der Waals surface area (Å²) in [7, 11) is -5.14. The number of aliphatic hydroxyl groups excluding tert-OH is 3. The summed E-state index contributed by atoms with van der Waals surface area (Å²) >= 11 is 0. The third kappa shape index (κ3) is 71.7. The van der Waals surface area contributed by atoms with E-state index in [-0.39, 0.29) is 135 Å². The van der Waals surface area contributed by atoms with Crippen LogP contribution in [0.15, 0.2) is 0 Å². The van der Waals surface area contributed by atoms with Crippen LogP contribution in [-0.2, 0) is 14.2 Å². The number of aliphatic carboxylic acids is 1. The molecule has 0 unspecified atom stereocenters. The molecule has 0 aromatic carbocycles. The van der Waals surface area contributed by atoms with Crippen LogP contribution in [0, 0.1) is 0 Å². The SMILES string of the molecule is CC(=O)CCC(=O)O.O=P([O-])([O-])O.OCC(O)CO.[K+].[K+]. The first-order valence-corrected chi connectivity index (χ1v) is 6.29. The van der Waals surface area contributed by atoms with E-state index in [1.807, 2.05) is 0 Å². The standard InChI is InChI=1S/C5H8O3.C3H8O3.2K.H3O4P/c1-4(6)2-3-5(7)8;4-1-3(6)2-5;;;1-5(2,3)4/h2-3H2,1H3,(H,7,8);3-6H,1-2H2;;;(H3,1,2,3,4)/q;;2*+1;/p-2. The first-order chi connectivity index (χ1) is 8.43. The normalized spacial score (nSPS) is 8.95. The average Bonchev–Trinajstić information content (AvgIpc) is 2.23. The minimum atomic E-state index is -5.14. The van der Waals surface area contributed by atoms with Crippen molar-refractivity contribution in [3.8, 4) is 0 Å². The number of hydrogen-bond donors (Lipinski definition) is 5. The van der Waals surface area contributed by atoms with Crippen molar-refractivity contribution in [2.24, 2.45) is 0 Å². The first kappa shape index (κ1) is 34.7. The van der Waals surface area contributed by atoms with Gasteiger partial charge in [-0.1, -0.05) is 0 Å². The summed E-state index contributed by atoms with van der Waals surface area (Å²) in [5.74, 6) is -0.993. The van der Waals surface area contributed by atoms with Gasteiger partial charge in [0.15, 0.2) is 0 Å². The number of rotatable bonds is 5. The van der Waals surface area contributed by atoms with Crippen LogP contribution >= 0.6 is 7.82 Å². The Bertz CT molecular complexity index is 269. The summed E-state index contributed by atoms with van der Waals surface area (Å²) in [5.41, 5.74) is 0. The van der Waals surface area contributed by atoms with E-state index < -0.39 is 19.9 Å². The van der Waals surface area contributed by atoms with Crippen LogP contribution in [0.2, 0.25) is 0 Å². The molecule has 0 heterocycles. The molecule has 0 fully saturated rings. The summed E-state index contributed by atoms with van der Waals surface area (Å²) in [4.78, 5) is 44.1. The Morgan fingerprint density at radius 2 is 1.38 bits per heavy atom. The van der Waals surface area contributed by atoms with Crippen molar-refractivity contribution in [3.05, 3.63) is 0 Å². The average molecular weight is 382 g/mol. The number of carboxylic acid groups (broad SMARTS) is 1. The van der Waals surface area contributed by atoms with Gasteiger partial charge in [-0.05, 0) is 6.92 Å². The van der Waals surface area contributed by atoms with Crippen LogP contribution in [0.5, 0.6) is 0 Å². The van der Waals surface area contributed by atoms with E-state index in [0.717, 1.165) is 0 Å². The Kier molecular flexibility index (Phi) is 37.0. The number of ketones is 1. The summed E-state index contributed by atoms with van der Waals surface area (Å²) in [6.07, 6.45) is -0.852. The van der Waals surface area contributed by atoms with E-state index in [0.29, 0.717) is 0 Å². The predicted molar refractivity (Wildman–Crippen MR) is 57.6 cm³/mol. The van der Waals surface area contributed by atoms with Gasteiger partial charge in [0.05, 0.1) is 27.5 Å². The molecule has 0 aliphatic rings. The molecule has 0 saturated carbocycles. The number of carbonyl (C=O) groups excluding carboxylic acids is 1. The Labute approximate surface area is 207 Å². The molecular formula is C8H17K2O10P. The second-order valence-corrected chi connectivity index (χ2v) is 4.02. The maximum atomic E-state index is 10.1. The zero-order valence-electron chi connectivity index (χ0n) is 12.1. The van der Waals surface area contributed by atoms with Gasteiger partial charge in [0, 0.05) is 6.42 Å². The molecule has 0 rings (SSSR count). The molecule has 10 nitrogen and oxygen atoms in total. The third-order valence-electron chi connectivity index (χ3n) is 1.11. The largest absolute Gasteiger partial charge is 1.00 e. The Morgan fingerprint density at radius 1 is 1.10 bits per heavy atom. The Morgan fingerprint density at radius 3 is 1.43 bits per heavy atom. The number of phosphoric acid groups is 1. The van der Waals surface area contributed by atoms with Gasteiger partial charge >= 0.3 is 109 Å². The van der Waals surface area contributed by atoms with Crippen molar-refractivity contribution in [1.82, 2.24) is 0 Å². The minimum absolute atomic E-state index is 0. The number of hydrogen-bond acceptors (Lipinski definition) is 8. The third-order valence-corrected chi connectivity index (χ3v) is 1.11. The van der Waals surface area contributed by atoms with Crippen LogP contribution in [-0.4, -0.2) is 56.4 Å². The van der Waals surface area contributed by atoms with Crippen molar-refractivity contribution in [2.45, 2.75) is 25.9 Å². The Hall–Kier alpha value is 2.40. The maximum absolute atomic E-state index is 10.1. The minimum Gasteiger partial charge on any atom is -0.790 e. The van der Waals surface area contributed by atoms with Crippen LogP contribution in [0.25, 0.3) is 0 Å². The number of carboxylic acids is 1. The van der Waals surface area contributed by atoms with Gasteiger partial charge in [-0.25, -0.2) is 0 Å².